The predicted molar refractivity (Wildman–Crippen MR) is 63.2 cm³/mol. The quantitative estimate of drug-likeness (QED) is 0.734. The summed E-state index contributed by atoms with van der Waals surface area (Å²) >= 11 is 0. The van der Waals surface area contributed by atoms with Gasteiger partial charge in [0.1, 0.15) is 0 Å². The van der Waals surface area contributed by atoms with Crippen molar-refractivity contribution in [2.75, 3.05) is 0 Å². The highest BCUT2D eigenvalue weighted by atomic mass is 16.4. The van der Waals surface area contributed by atoms with Crippen molar-refractivity contribution in [1.82, 2.24) is 19.6 Å². The van der Waals surface area contributed by atoms with E-state index in [0.29, 0.717) is 17.0 Å². The average Bonchev–Trinajstić information content (AvgIpc) is 2.82. The van der Waals surface area contributed by atoms with E-state index in [9.17, 15) is 4.79 Å². The molecule has 6 nitrogen and oxygen atoms in total. The van der Waals surface area contributed by atoms with Gasteiger partial charge in [-0.2, -0.15) is 0 Å². The normalized spacial score (nSPS) is 10.7. The van der Waals surface area contributed by atoms with Gasteiger partial charge in [-0.25, -0.2) is 4.79 Å². The first-order valence-corrected chi connectivity index (χ1v) is 5.24. The minimum Gasteiger partial charge on any atom is -0.478 e. The topological polar surface area (TPSA) is 80.4 Å². The molecular weight excluding hydrogens is 232 g/mol. The van der Waals surface area contributed by atoms with Crippen LogP contribution in [0.25, 0.3) is 17.0 Å². The monoisotopic (exact) mass is 240 g/mol. The predicted octanol–water partition coefficient (Wildman–Crippen LogP) is 1.49. The van der Waals surface area contributed by atoms with Crippen molar-refractivity contribution in [3.63, 3.8) is 0 Å². The lowest BCUT2D eigenvalue weighted by atomic mass is 10.1. The Morgan fingerprint density at radius 1 is 1.28 bits per heavy atom. The smallest absolute Gasteiger partial charge is 0.335 e. The molecule has 0 aliphatic rings. The summed E-state index contributed by atoms with van der Waals surface area (Å²) in [6.07, 6.45) is 4.95. The summed E-state index contributed by atoms with van der Waals surface area (Å²) in [4.78, 5) is 14.9. The van der Waals surface area contributed by atoms with E-state index in [1.54, 1.807) is 41.2 Å². The van der Waals surface area contributed by atoms with E-state index in [2.05, 4.69) is 15.2 Å². The van der Waals surface area contributed by atoms with Crippen molar-refractivity contribution in [1.29, 1.82) is 0 Å². The molecule has 0 atom stereocenters. The minimum absolute atomic E-state index is 0.221. The number of fused-ring (bicyclic) bond motifs is 1. The van der Waals surface area contributed by atoms with Crippen LogP contribution >= 0.6 is 0 Å². The number of carbonyl (C=O) groups is 1. The lowest BCUT2D eigenvalue weighted by Crippen LogP contribution is -1.97. The molecule has 0 fully saturated rings. The Morgan fingerprint density at radius 2 is 2.17 bits per heavy atom. The minimum atomic E-state index is -0.965. The zero-order chi connectivity index (χ0) is 12.5. The van der Waals surface area contributed by atoms with E-state index in [1.165, 1.54) is 6.07 Å². The number of benzene rings is 1. The first-order valence-electron chi connectivity index (χ1n) is 5.24. The molecule has 0 aliphatic carbocycles. The number of carboxylic acids is 1. The van der Waals surface area contributed by atoms with Gasteiger partial charge in [-0.15, -0.1) is 10.2 Å². The first-order chi connectivity index (χ1) is 8.75. The van der Waals surface area contributed by atoms with Crippen molar-refractivity contribution in [3.8, 4) is 11.4 Å². The Labute approximate surface area is 102 Å². The second-order valence-corrected chi connectivity index (χ2v) is 3.71. The molecule has 0 aliphatic heterocycles. The molecule has 0 unspecified atom stereocenters. The highest BCUT2D eigenvalue weighted by Crippen LogP contribution is 2.19. The highest BCUT2D eigenvalue weighted by molar-refractivity contribution is 5.89. The van der Waals surface area contributed by atoms with E-state index in [-0.39, 0.29) is 5.56 Å². The van der Waals surface area contributed by atoms with Gasteiger partial charge in [-0.05, 0) is 12.1 Å². The molecule has 88 valence electrons. The van der Waals surface area contributed by atoms with Crippen molar-refractivity contribution >= 4 is 11.6 Å². The molecule has 0 amide bonds. The van der Waals surface area contributed by atoms with E-state index < -0.39 is 5.97 Å². The lowest BCUT2D eigenvalue weighted by molar-refractivity contribution is 0.0697. The largest absolute Gasteiger partial charge is 0.478 e. The molecule has 18 heavy (non-hydrogen) atoms. The van der Waals surface area contributed by atoms with Gasteiger partial charge < -0.3 is 5.11 Å². The molecule has 3 aromatic rings. The summed E-state index contributed by atoms with van der Waals surface area (Å²) in [6, 6.07) is 6.58. The fraction of sp³-hybridized carbons (Fsp3) is 0. The maximum absolute atomic E-state index is 10.9. The van der Waals surface area contributed by atoms with E-state index in [4.69, 9.17) is 5.11 Å². The van der Waals surface area contributed by atoms with Gasteiger partial charge in [0.25, 0.3) is 0 Å². The molecule has 0 bridgehead atoms. The highest BCUT2D eigenvalue weighted by Gasteiger charge is 2.10. The van der Waals surface area contributed by atoms with Gasteiger partial charge >= 0.3 is 5.97 Å². The maximum Gasteiger partial charge on any atom is 0.335 e. The lowest BCUT2D eigenvalue weighted by Gasteiger charge is -2.00. The van der Waals surface area contributed by atoms with Crippen LogP contribution in [0.2, 0.25) is 0 Å². The summed E-state index contributed by atoms with van der Waals surface area (Å²) in [5, 5.41) is 17.0. The molecule has 2 aromatic heterocycles. The number of aromatic carboxylic acids is 1. The summed E-state index contributed by atoms with van der Waals surface area (Å²) in [5.41, 5.74) is 1.54. The van der Waals surface area contributed by atoms with Crippen LogP contribution in [0.3, 0.4) is 0 Å². The summed E-state index contributed by atoms with van der Waals surface area (Å²) in [6.45, 7) is 0. The van der Waals surface area contributed by atoms with Crippen LogP contribution in [0, 0.1) is 0 Å². The molecule has 1 aromatic carbocycles. The van der Waals surface area contributed by atoms with Gasteiger partial charge in [0, 0.05) is 18.0 Å². The molecule has 0 saturated heterocycles. The third-order valence-corrected chi connectivity index (χ3v) is 2.58. The van der Waals surface area contributed by atoms with Crippen LogP contribution in [-0.4, -0.2) is 30.7 Å². The third-order valence-electron chi connectivity index (χ3n) is 2.58. The van der Waals surface area contributed by atoms with E-state index in [0.717, 1.165) is 0 Å². The number of hydrogen-bond acceptors (Lipinski definition) is 4. The van der Waals surface area contributed by atoms with Crippen molar-refractivity contribution in [3.05, 3.63) is 48.4 Å². The zero-order valence-electron chi connectivity index (χ0n) is 9.19. The van der Waals surface area contributed by atoms with Gasteiger partial charge in [0.05, 0.1) is 11.8 Å². The van der Waals surface area contributed by atoms with Gasteiger partial charge in [-0.3, -0.25) is 9.38 Å². The van der Waals surface area contributed by atoms with E-state index in [1.807, 2.05) is 0 Å². The Morgan fingerprint density at radius 3 is 3.00 bits per heavy atom. The Hall–Kier alpha value is -2.76. The van der Waals surface area contributed by atoms with Gasteiger partial charge in [-0.1, -0.05) is 12.1 Å². The number of carboxylic acid groups (broad SMARTS) is 1. The first kappa shape index (κ1) is 10.4. The maximum atomic E-state index is 10.9. The fourth-order valence-corrected chi connectivity index (χ4v) is 1.74. The second kappa shape index (κ2) is 3.92. The van der Waals surface area contributed by atoms with Crippen LogP contribution in [0.15, 0.2) is 42.9 Å². The molecule has 0 radical (unpaired) electrons. The molecule has 6 heteroatoms. The van der Waals surface area contributed by atoms with Crippen LogP contribution in [-0.2, 0) is 0 Å². The molecule has 2 heterocycles. The SMILES string of the molecule is O=C(O)c1cccc(-c2nnc3cnccn23)c1. The van der Waals surface area contributed by atoms with Crippen molar-refractivity contribution < 1.29 is 9.90 Å². The van der Waals surface area contributed by atoms with E-state index >= 15 is 0 Å². The molecule has 0 spiro atoms. The standard InChI is InChI=1S/C12H8N4O2/c17-12(18)9-3-1-2-8(6-9)11-15-14-10-7-13-4-5-16(10)11/h1-7H,(H,17,18). The number of hydrogen-bond donors (Lipinski definition) is 1. The zero-order valence-corrected chi connectivity index (χ0v) is 9.19. The van der Waals surface area contributed by atoms with Crippen LogP contribution in [0.5, 0.6) is 0 Å². The Kier molecular flexibility index (Phi) is 2.26. The Balaban J connectivity index is 2.20. The third kappa shape index (κ3) is 1.60. The summed E-state index contributed by atoms with van der Waals surface area (Å²) < 4.78 is 1.76. The van der Waals surface area contributed by atoms with Gasteiger partial charge in [0.15, 0.2) is 11.5 Å². The second-order valence-electron chi connectivity index (χ2n) is 3.71. The van der Waals surface area contributed by atoms with Crippen LogP contribution in [0.4, 0.5) is 0 Å². The molecular formula is C12H8N4O2. The molecule has 0 saturated carbocycles. The number of aromatic nitrogens is 4. The van der Waals surface area contributed by atoms with Gasteiger partial charge in [0.2, 0.25) is 0 Å². The Bertz CT molecular complexity index is 736. The molecule has 1 N–H and O–H groups in total. The average molecular weight is 240 g/mol. The van der Waals surface area contributed by atoms with Crippen LogP contribution < -0.4 is 0 Å². The summed E-state index contributed by atoms with van der Waals surface area (Å²) in [5.74, 6) is -0.372. The van der Waals surface area contributed by atoms with Crippen LogP contribution in [0.1, 0.15) is 10.4 Å². The number of nitrogens with zero attached hydrogens (tertiary/aromatic N) is 4. The van der Waals surface area contributed by atoms with Crippen molar-refractivity contribution in [2.45, 2.75) is 0 Å². The fourth-order valence-electron chi connectivity index (χ4n) is 1.74. The number of rotatable bonds is 2. The summed E-state index contributed by atoms with van der Waals surface area (Å²) in [7, 11) is 0. The van der Waals surface area contributed by atoms with Crippen molar-refractivity contribution in [2.24, 2.45) is 0 Å². The molecule has 3 rings (SSSR count).